The van der Waals surface area contributed by atoms with Crippen LogP contribution in [0, 0.1) is 11.3 Å². The zero-order chi connectivity index (χ0) is 28.4. The van der Waals surface area contributed by atoms with E-state index in [4.69, 9.17) is 10.5 Å². The molecule has 10 nitrogen and oxygen atoms in total. The molecule has 1 unspecified atom stereocenters. The van der Waals surface area contributed by atoms with Gasteiger partial charge in [-0.1, -0.05) is 17.7 Å². The van der Waals surface area contributed by atoms with Crippen molar-refractivity contribution in [2.45, 2.75) is 56.1 Å². The van der Waals surface area contributed by atoms with Crippen LogP contribution in [0.15, 0.2) is 53.1 Å². The van der Waals surface area contributed by atoms with Crippen molar-refractivity contribution in [1.82, 2.24) is 14.2 Å². The van der Waals surface area contributed by atoms with E-state index in [2.05, 4.69) is 9.88 Å². The highest BCUT2D eigenvalue weighted by atomic mass is 32.2. The van der Waals surface area contributed by atoms with Crippen molar-refractivity contribution in [2.75, 3.05) is 26.7 Å². The fourth-order valence-electron chi connectivity index (χ4n) is 5.27. The fourth-order valence-corrected chi connectivity index (χ4v) is 6.97. The lowest BCUT2D eigenvalue weighted by Gasteiger charge is -2.43. The summed E-state index contributed by atoms with van der Waals surface area (Å²) in [5, 5.41) is 9.18. The van der Waals surface area contributed by atoms with E-state index < -0.39 is 33.4 Å². The molecule has 1 aromatic heterocycles. The summed E-state index contributed by atoms with van der Waals surface area (Å²) in [5.74, 6) is -1.71. The first-order valence-corrected chi connectivity index (χ1v) is 14.3. The molecule has 2 aliphatic rings. The zero-order valence-corrected chi connectivity index (χ0v) is 23.2. The Morgan fingerprint density at radius 2 is 2.03 bits per heavy atom. The second-order valence-electron chi connectivity index (χ2n) is 10.1. The number of benzene rings is 1. The lowest BCUT2D eigenvalue weighted by Crippen LogP contribution is -2.67. The monoisotopic (exact) mass is 551 g/mol. The molecule has 2 aromatic rings. The number of ketones is 1. The number of carbonyl (C=O) groups excluding carboxylic acids is 2. The van der Waals surface area contributed by atoms with Gasteiger partial charge in [-0.25, -0.2) is 18.2 Å². The molecule has 39 heavy (non-hydrogen) atoms. The summed E-state index contributed by atoms with van der Waals surface area (Å²) in [6.07, 6.45) is 3.75. The molecule has 0 radical (unpaired) electrons. The second-order valence-corrected chi connectivity index (χ2v) is 12.0. The van der Waals surface area contributed by atoms with Gasteiger partial charge in [-0.15, -0.1) is 0 Å². The zero-order valence-electron chi connectivity index (χ0n) is 22.4. The van der Waals surface area contributed by atoms with Crippen molar-refractivity contribution in [3.8, 4) is 6.07 Å². The molecule has 206 valence electrons. The summed E-state index contributed by atoms with van der Waals surface area (Å²) < 4.78 is 34.7. The average Bonchev–Trinajstić information content (AvgIpc) is 2.92. The summed E-state index contributed by atoms with van der Waals surface area (Å²) >= 11 is 0. The second kappa shape index (κ2) is 11.4. The van der Waals surface area contributed by atoms with Gasteiger partial charge >= 0.3 is 5.97 Å². The number of carbonyl (C=O) groups is 2. The maximum atomic E-state index is 14.2. The smallest absolute Gasteiger partial charge is 0.335 e. The maximum absolute atomic E-state index is 14.2. The van der Waals surface area contributed by atoms with Crippen LogP contribution in [0.5, 0.6) is 0 Å². The third kappa shape index (κ3) is 5.51. The molecule has 1 aromatic carbocycles. The van der Waals surface area contributed by atoms with Crippen LogP contribution in [-0.4, -0.2) is 72.7 Å². The molecule has 0 amide bonds. The highest BCUT2D eigenvalue weighted by Gasteiger charge is 2.58. The Balaban J connectivity index is 1.79. The van der Waals surface area contributed by atoms with Gasteiger partial charge in [0.05, 0.1) is 17.5 Å². The van der Waals surface area contributed by atoms with Crippen molar-refractivity contribution in [3.63, 3.8) is 0 Å². The molecule has 0 bridgehead atoms. The molecule has 0 aliphatic carbocycles. The van der Waals surface area contributed by atoms with Gasteiger partial charge in [0.2, 0.25) is 10.0 Å². The van der Waals surface area contributed by atoms with E-state index in [0.29, 0.717) is 17.7 Å². The Labute approximate surface area is 229 Å². The largest absolute Gasteiger partial charge is 0.464 e. The molecule has 0 saturated heterocycles. The molecule has 4 rings (SSSR count). The van der Waals surface area contributed by atoms with Crippen LogP contribution in [0.2, 0.25) is 0 Å². The predicted octanol–water partition coefficient (Wildman–Crippen LogP) is 1.72. The fraction of sp³-hybridized carbons (Fsp3) is 0.429. The third-order valence-electron chi connectivity index (χ3n) is 7.29. The first-order chi connectivity index (χ1) is 18.5. The van der Waals surface area contributed by atoms with Gasteiger partial charge in [-0.3, -0.25) is 4.79 Å². The Bertz CT molecular complexity index is 1460. The number of aromatic nitrogens is 1. The lowest BCUT2D eigenvalue weighted by atomic mass is 9.80. The number of hydrogen-bond acceptors (Lipinski definition) is 9. The summed E-state index contributed by atoms with van der Waals surface area (Å²) in [6, 6.07) is 8.79. The lowest BCUT2D eigenvalue weighted by molar-refractivity contribution is -0.160. The van der Waals surface area contributed by atoms with Crippen molar-refractivity contribution in [2.24, 2.45) is 5.73 Å². The Hall–Kier alpha value is -3.43. The van der Waals surface area contributed by atoms with Crippen LogP contribution in [-0.2, 0) is 43.7 Å². The molecular weight excluding hydrogens is 518 g/mol. The summed E-state index contributed by atoms with van der Waals surface area (Å²) in [4.78, 5) is 33.8. The van der Waals surface area contributed by atoms with Crippen LogP contribution < -0.4 is 5.73 Å². The van der Waals surface area contributed by atoms with Gasteiger partial charge in [0.25, 0.3) is 0 Å². The average molecular weight is 552 g/mol. The molecule has 11 heteroatoms. The van der Waals surface area contributed by atoms with Crippen LogP contribution in [0.25, 0.3) is 0 Å². The molecule has 0 saturated carbocycles. The number of esters is 1. The van der Waals surface area contributed by atoms with Gasteiger partial charge in [-0.05, 0) is 74.7 Å². The number of pyridine rings is 1. The molecule has 0 fully saturated rings. The van der Waals surface area contributed by atoms with Crippen molar-refractivity contribution >= 4 is 21.8 Å². The van der Waals surface area contributed by atoms with Crippen molar-refractivity contribution < 1.29 is 22.7 Å². The molecule has 0 spiro atoms. The standard InChI is InChI=1S/C28H33N5O5S/c1-4-38-27(35)28(26(34)25(30)14-20-7-10-31-23(13-20)17-29)16-19(2)8-12-33(28)39(36,37)24-6-5-21-9-11-32(3)18-22(21)15-24/h5-8,10,13,15,25H,4,9,11-12,14,16,18,30H2,1-3H3/t25?,28-/m1/s1. The van der Waals surface area contributed by atoms with Gasteiger partial charge in [0, 0.05) is 32.3 Å². The minimum absolute atomic E-state index is 0.00680. The van der Waals surface area contributed by atoms with E-state index in [1.54, 1.807) is 38.1 Å². The van der Waals surface area contributed by atoms with E-state index in [0.717, 1.165) is 28.4 Å². The van der Waals surface area contributed by atoms with Gasteiger partial charge < -0.3 is 15.4 Å². The SMILES string of the molecule is CCOC(=O)[C@]1(C(=O)C(N)Cc2ccnc(C#N)c2)CC(C)=CCN1S(=O)(=O)c1ccc2c(c1)CN(C)CC2. The van der Waals surface area contributed by atoms with Crippen LogP contribution >= 0.6 is 0 Å². The number of ether oxygens (including phenoxy) is 1. The number of likely N-dealkylation sites (N-methyl/N-ethyl adjacent to an activating group) is 1. The van der Waals surface area contributed by atoms with E-state index in [9.17, 15) is 23.3 Å². The number of nitriles is 1. The number of fused-ring (bicyclic) bond motifs is 1. The third-order valence-corrected chi connectivity index (χ3v) is 9.18. The highest BCUT2D eigenvalue weighted by Crippen LogP contribution is 2.37. The van der Waals surface area contributed by atoms with Crippen LogP contribution in [0.4, 0.5) is 0 Å². The normalized spacial score (nSPS) is 20.8. The Kier molecular flexibility index (Phi) is 8.32. The van der Waals surface area contributed by atoms with Gasteiger partial charge in [0.1, 0.15) is 11.8 Å². The summed E-state index contributed by atoms with van der Waals surface area (Å²) in [6.45, 7) is 4.59. The Morgan fingerprint density at radius 1 is 1.26 bits per heavy atom. The van der Waals surface area contributed by atoms with Crippen molar-refractivity contribution in [1.29, 1.82) is 5.26 Å². The van der Waals surface area contributed by atoms with E-state index >= 15 is 0 Å². The highest BCUT2D eigenvalue weighted by molar-refractivity contribution is 7.89. The molecule has 2 N–H and O–H groups in total. The quantitative estimate of drug-likeness (QED) is 0.294. The van der Waals surface area contributed by atoms with E-state index in [1.165, 1.54) is 18.3 Å². The number of hydrogen-bond donors (Lipinski definition) is 1. The number of Topliss-reactive ketones (excluding diaryl/α,β-unsaturated/α-hetero) is 1. The number of nitrogens with two attached hydrogens (primary N) is 1. The first-order valence-electron chi connectivity index (χ1n) is 12.8. The predicted molar refractivity (Wildman–Crippen MR) is 144 cm³/mol. The minimum Gasteiger partial charge on any atom is -0.464 e. The summed E-state index contributed by atoms with van der Waals surface area (Å²) in [5.41, 5.74) is 7.58. The van der Waals surface area contributed by atoms with Gasteiger partial charge in [-0.2, -0.15) is 9.57 Å². The van der Waals surface area contributed by atoms with Crippen LogP contribution in [0.1, 0.15) is 42.7 Å². The van der Waals surface area contributed by atoms with Gasteiger partial charge in [0.15, 0.2) is 11.3 Å². The van der Waals surface area contributed by atoms with Crippen LogP contribution in [0.3, 0.4) is 0 Å². The first kappa shape index (κ1) is 28.6. The molecule has 3 heterocycles. The Morgan fingerprint density at radius 3 is 2.74 bits per heavy atom. The topological polar surface area (TPSA) is 147 Å². The minimum atomic E-state index is -4.33. The van der Waals surface area contributed by atoms with Crippen molar-refractivity contribution in [3.05, 3.63) is 70.6 Å². The number of sulfonamides is 1. The maximum Gasteiger partial charge on any atom is 0.335 e. The molecular formula is C28H33N5O5S. The summed E-state index contributed by atoms with van der Waals surface area (Å²) in [7, 11) is -2.36. The number of nitrogens with zero attached hydrogens (tertiary/aromatic N) is 4. The molecule has 2 aliphatic heterocycles. The van der Waals surface area contributed by atoms with E-state index in [1.807, 2.05) is 13.1 Å². The van der Waals surface area contributed by atoms with E-state index in [-0.39, 0.29) is 36.6 Å². The molecule has 2 atom stereocenters. The number of rotatable bonds is 8.